The molecule has 4 heteroatoms. The summed E-state index contributed by atoms with van der Waals surface area (Å²) >= 11 is 3.35. The minimum absolute atomic E-state index is 0.0522. The fourth-order valence-corrected chi connectivity index (χ4v) is 2.15. The van der Waals surface area contributed by atoms with Crippen LogP contribution < -0.4 is 5.32 Å². The van der Waals surface area contributed by atoms with Crippen LogP contribution in [0.15, 0.2) is 53.0 Å². The van der Waals surface area contributed by atoms with Gasteiger partial charge in [-0.3, -0.25) is 4.79 Å². The van der Waals surface area contributed by atoms with Gasteiger partial charge in [0.05, 0.1) is 6.42 Å². The molecule has 0 saturated heterocycles. The molecule has 0 spiro atoms. The molecule has 2 aromatic carbocycles. The summed E-state index contributed by atoms with van der Waals surface area (Å²) in [4.78, 5) is 11.8. The van der Waals surface area contributed by atoms with E-state index in [0.29, 0.717) is 24.9 Å². The number of carbonyl (C=O) groups is 1. The average molecular weight is 336 g/mol. The van der Waals surface area contributed by atoms with Gasteiger partial charge in [-0.25, -0.2) is 4.39 Å². The van der Waals surface area contributed by atoms with Crippen molar-refractivity contribution in [3.05, 3.63) is 69.9 Å². The third-order valence-corrected chi connectivity index (χ3v) is 3.48. The van der Waals surface area contributed by atoms with Gasteiger partial charge in [0.2, 0.25) is 5.91 Å². The molecular weight excluding hydrogens is 321 g/mol. The van der Waals surface area contributed by atoms with Crippen molar-refractivity contribution in [2.75, 3.05) is 6.54 Å². The number of carbonyl (C=O) groups excluding carboxylic acids is 1. The number of halogens is 2. The number of benzene rings is 2. The number of nitrogens with one attached hydrogen (secondary N) is 1. The molecule has 104 valence electrons. The Morgan fingerprint density at radius 1 is 1.10 bits per heavy atom. The Labute approximate surface area is 126 Å². The Hall–Kier alpha value is -1.68. The van der Waals surface area contributed by atoms with Gasteiger partial charge >= 0.3 is 0 Å². The van der Waals surface area contributed by atoms with E-state index in [4.69, 9.17) is 0 Å². The highest BCUT2D eigenvalue weighted by Gasteiger charge is 2.04. The van der Waals surface area contributed by atoms with Crippen molar-refractivity contribution < 1.29 is 9.18 Å². The normalized spacial score (nSPS) is 10.3. The van der Waals surface area contributed by atoms with Crippen LogP contribution in [0, 0.1) is 5.82 Å². The third kappa shape index (κ3) is 4.46. The van der Waals surface area contributed by atoms with Crippen molar-refractivity contribution in [2.24, 2.45) is 0 Å². The van der Waals surface area contributed by atoms with Gasteiger partial charge in [-0.15, -0.1) is 0 Å². The minimum Gasteiger partial charge on any atom is -0.355 e. The predicted molar refractivity (Wildman–Crippen MR) is 81.0 cm³/mol. The zero-order valence-electron chi connectivity index (χ0n) is 10.9. The van der Waals surface area contributed by atoms with E-state index < -0.39 is 0 Å². The molecule has 0 aliphatic carbocycles. The van der Waals surface area contributed by atoms with E-state index in [1.165, 1.54) is 6.07 Å². The summed E-state index contributed by atoms with van der Waals surface area (Å²) in [5.41, 5.74) is 1.58. The molecule has 0 saturated carbocycles. The number of hydrogen-bond donors (Lipinski definition) is 1. The van der Waals surface area contributed by atoms with E-state index in [-0.39, 0.29) is 11.7 Å². The molecule has 1 amide bonds. The zero-order chi connectivity index (χ0) is 14.4. The van der Waals surface area contributed by atoms with Crippen molar-refractivity contribution in [2.45, 2.75) is 12.8 Å². The third-order valence-electron chi connectivity index (χ3n) is 2.95. The Balaban J connectivity index is 1.78. The Kier molecular flexibility index (Phi) is 5.30. The van der Waals surface area contributed by atoms with Crippen LogP contribution in [0.2, 0.25) is 0 Å². The van der Waals surface area contributed by atoms with E-state index in [1.54, 1.807) is 18.2 Å². The zero-order valence-corrected chi connectivity index (χ0v) is 12.5. The summed E-state index contributed by atoms with van der Waals surface area (Å²) in [5, 5.41) is 2.80. The fraction of sp³-hybridized carbons (Fsp3) is 0.188. The van der Waals surface area contributed by atoms with Crippen LogP contribution in [0.4, 0.5) is 4.39 Å². The minimum atomic E-state index is -0.227. The second-order valence-corrected chi connectivity index (χ2v) is 5.41. The van der Waals surface area contributed by atoms with Gasteiger partial charge in [0.1, 0.15) is 5.82 Å². The van der Waals surface area contributed by atoms with Gasteiger partial charge in [-0.05, 0) is 35.7 Å². The van der Waals surface area contributed by atoms with Crippen molar-refractivity contribution >= 4 is 21.8 Å². The fourth-order valence-electron chi connectivity index (χ4n) is 1.89. The smallest absolute Gasteiger partial charge is 0.224 e. The molecule has 0 aliphatic heterocycles. The lowest BCUT2D eigenvalue weighted by atomic mass is 10.1. The number of amides is 1. The van der Waals surface area contributed by atoms with Crippen molar-refractivity contribution in [1.82, 2.24) is 5.32 Å². The molecule has 0 fully saturated rings. The summed E-state index contributed by atoms with van der Waals surface area (Å²) in [6.45, 7) is 0.441. The van der Waals surface area contributed by atoms with Crippen LogP contribution >= 0.6 is 15.9 Å². The van der Waals surface area contributed by atoms with Crippen LogP contribution in [0.25, 0.3) is 0 Å². The molecule has 0 bridgehead atoms. The molecule has 2 rings (SSSR count). The number of hydrogen-bond acceptors (Lipinski definition) is 1. The van der Waals surface area contributed by atoms with Gasteiger partial charge in [-0.2, -0.15) is 0 Å². The van der Waals surface area contributed by atoms with Crippen LogP contribution in [0.5, 0.6) is 0 Å². The second-order valence-electron chi connectivity index (χ2n) is 4.49. The van der Waals surface area contributed by atoms with Gasteiger partial charge in [0.25, 0.3) is 0 Å². The molecule has 0 aliphatic rings. The van der Waals surface area contributed by atoms with E-state index in [1.807, 2.05) is 24.3 Å². The molecule has 2 aromatic rings. The monoisotopic (exact) mass is 335 g/mol. The van der Waals surface area contributed by atoms with Crippen molar-refractivity contribution in [1.29, 1.82) is 0 Å². The summed E-state index contributed by atoms with van der Waals surface area (Å²) in [5.74, 6) is -0.279. The average Bonchev–Trinajstić information content (AvgIpc) is 2.43. The molecule has 0 radical (unpaired) electrons. The summed E-state index contributed by atoms with van der Waals surface area (Å²) in [6, 6.07) is 14.2. The highest BCUT2D eigenvalue weighted by molar-refractivity contribution is 9.10. The Morgan fingerprint density at radius 2 is 1.80 bits per heavy atom. The van der Waals surface area contributed by atoms with Gasteiger partial charge in [-0.1, -0.05) is 46.3 Å². The highest BCUT2D eigenvalue weighted by Crippen LogP contribution is 2.11. The van der Waals surface area contributed by atoms with E-state index in [0.717, 1.165) is 10.0 Å². The lowest BCUT2D eigenvalue weighted by molar-refractivity contribution is -0.120. The molecule has 0 unspecified atom stereocenters. The highest BCUT2D eigenvalue weighted by atomic mass is 79.9. The summed E-state index contributed by atoms with van der Waals surface area (Å²) < 4.78 is 14.4. The molecule has 0 atom stereocenters. The SMILES string of the molecule is O=C(Cc1ccc(Br)cc1)NCCc1ccccc1F. The maximum absolute atomic E-state index is 13.4. The van der Waals surface area contributed by atoms with Crippen molar-refractivity contribution in [3.63, 3.8) is 0 Å². The van der Waals surface area contributed by atoms with Crippen LogP contribution in [0.1, 0.15) is 11.1 Å². The molecule has 20 heavy (non-hydrogen) atoms. The summed E-state index contributed by atoms with van der Waals surface area (Å²) in [7, 11) is 0. The molecule has 0 aromatic heterocycles. The Morgan fingerprint density at radius 3 is 2.50 bits per heavy atom. The van der Waals surface area contributed by atoms with Gasteiger partial charge in [0.15, 0.2) is 0 Å². The molecule has 1 N–H and O–H groups in total. The first-order valence-corrected chi connectivity index (χ1v) is 7.19. The predicted octanol–water partition coefficient (Wildman–Crippen LogP) is 3.49. The lowest BCUT2D eigenvalue weighted by Crippen LogP contribution is -2.27. The second kappa shape index (κ2) is 7.20. The topological polar surface area (TPSA) is 29.1 Å². The Bertz CT molecular complexity index is 583. The number of rotatable bonds is 5. The first kappa shape index (κ1) is 14.7. The molecule has 2 nitrogen and oxygen atoms in total. The maximum Gasteiger partial charge on any atom is 0.224 e. The lowest BCUT2D eigenvalue weighted by Gasteiger charge is -2.06. The largest absolute Gasteiger partial charge is 0.355 e. The van der Waals surface area contributed by atoms with Crippen LogP contribution in [0.3, 0.4) is 0 Å². The quantitative estimate of drug-likeness (QED) is 0.890. The molecular formula is C16H15BrFNO. The first-order valence-electron chi connectivity index (χ1n) is 6.40. The first-order chi connectivity index (χ1) is 9.65. The van der Waals surface area contributed by atoms with Crippen molar-refractivity contribution in [3.8, 4) is 0 Å². The van der Waals surface area contributed by atoms with Crippen LogP contribution in [-0.2, 0) is 17.6 Å². The maximum atomic E-state index is 13.4. The van der Waals surface area contributed by atoms with E-state index in [2.05, 4.69) is 21.2 Å². The van der Waals surface area contributed by atoms with E-state index in [9.17, 15) is 9.18 Å². The summed E-state index contributed by atoms with van der Waals surface area (Å²) in [6.07, 6.45) is 0.837. The van der Waals surface area contributed by atoms with Gasteiger partial charge < -0.3 is 5.32 Å². The van der Waals surface area contributed by atoms with Crippen LogP contribution in [-0.4, -0.2) is 12.5 Å². The van der Waals surface area contributed by atoms with E-state index >= 15 is 0 Å². The standard InChI is InChI=1S/C16H15BrFNO/c17-14-7-5-12(6-8-14)11-16(20)19-10-9-13-3-1-2-4-15(13)18/h1-8H,9-11H2,(H,19,20). The molecule has 0 heterocycles. The van der Waals surface area contributed by atoms with Gasteiger partial charge in [0, 0.05) is 11.0 Å².